The fraction of sp³-hybridized carbons (Fsp3) is 0.818. The zero-order valence-corrected chi connectivity index (χ0v) is 9.81. The van der Waals surface area contributed by atoms with Gasteiger partial charge < -0.3 is 14.7 Å². The number of likely N-dealkylation sites (N-methyl/N-ethyl adjacent to an activating group) is 1. The first-order chi connectivity index (χ1) is 7.56. The number of unbranched alkanes of at least 4 members (excludes halogenated alkanes) is 1. The minimum Gasteiger partial charge on any atom is -0.479 e. The van der Waals surface area contributed by atoms with Gasteiger partial charge in [-0.25, -0.2) is 4.79 Å². The number of aliphatic carboxylic acids is 1. The number of rotatable bonds is 5. The lowest BCUT2D eigenvalue weighted by molar-refractivity contribution is -0.154. The molecule has 1 heterocycles. The first kappa shape index (κ1) is 13.0. The molecule has 92 valence electrons. The standard InChI is InChI=1S/C11H19NO4/c1-3-4-7-12(2)10(13)8-5-6-9(16-8)11(14)15/h8-9H,3-7H2,1-2H3,(H,14,15)/t8-,9+/m0/s1. The molecule has 0 bridgehead atoms. The predicted molar refractivity (Wildman–Crippen MR) is 58.1 cm³/mol. The average molecular weight is 229 g/mol. The van der Waals surface area contributed by atoms with Crippen LogP contribution in [0.1, 0.15) is 32.6 Å². The molecule has 1 aliphatic heterocycles. The number of hydrogen-bond donors (Lipinski definition) is 1. The fourth-order valence-electron chi connectivity index (χ4n) is 1.75. The first-order valence-corrected chi connectivity index (χ1v) is 5.69. The Morgan fingerprint density at radius 1 is 1.38 bits per heavy atom. The Morgan fingerprint density at radius 2 is 2.00 bits per heavy atom. The largest absolute Gasteiger partial charge is 0.479 e. The van der Waals surface area contributed by atoms with Crippen molar-refractivity contribution in [2.75, 3.05) is 13.6 Å². The van der Waals surface area contributed by atoms with Gasteiger partial charge in [0.15, 0.2) is 6.10 Å². The van der Waals surface area contributed by atoms with E-state index in [0.29, 0.717) is 19.4 Å². The number of carboxylic acid groups (broad SMARTS) is 1. The summed E-state index contributed by atoms with van der Waals surface area (Å²) in [6, 6.07) is 0. The van der Waals surface area contributed by atoms with Gasteiger partial charge in [0.1, 0.15) is 6.10 Å². The molecule has 1 aliphatic rings. The molecule has 5 nitrogen and oxygen atoms in total. The summed E-state index contributed by atoms with van der Waals surface area (Å²) >= 11 is 0. The van der Waals surface area contributed by atoms with Crippen LogP contribution in [0.15, 0.2) is 0 Å². The molecule has 0 saturated carbocycles. The van der Waals surface area contributed by atoms with E-state index >= 15 is 0 Å². The first-order valence-electron chi connectivity index (χ1n) is 5.69. The third kappa shape index (κ3) is 3.20. The maximum absolute atomic E-state index is 11.8. The van der Waals surface area contributed by atoms with E-state index in [4.69, 9.17) is 9.84 Å². The summed E-state index contributed by atoms with van der Waals surface area (Å²) in [5.41, 5.74) is 0. The maximum atomic E-state index is 11.8. The maximum Gasteiger partial charge on any atom is 0.332 e. The van der Waals surface area contributed by atoms with E-state index in [1.807, 2.05) is 0 Å². The van der Waals surface area contributed by atoms with Crippen molar-refractivity contribution in [3.63, 3.8) is 0 Å². The highest BCUT2D eigenvalue weighted by Crippen LogP contribution is 2.21. The molecule has 1 rings (SSSR count). The van der Waals surface area contributed by atoms with E-state index < -0.39 is 18.2 Å². The van der Waals surface area contributed by atoms with Gasteiger partial charge in [0.25, 0.3) is 5.91 Å². The summed E-state index contributed by atoms with van der Waals surface area (Å²) in [7, 11) is 1.73. The number of carbonyl (C=O) groups excluding carboxylic acids is 1. The topological polar surface area (TPSA) is 66.8 Å². The zero-order valence-electron chi connectivity index (χ0n) is 9.81. The molecular weight excluding hydrogens is 210 g/mol. The van der Waals surface area contributed by atoms with E-state index in [1.54, 1.807) is 11.9 Å². The van der Waals surface area contributed by atoms with Crippen molar-refractivity contribution >= 4 is 11.9 Å². The molecular formula is C11H19NO4. The molecule has 0 spiro atoms. The summed E-state index contributed by atoms with van der Waals surface area (Å²) < 4.78 is 5.19. The van der Waals surface area contributed by atoms with Crippen LogP contribution in [0.3, 0.4) is 0 Å². The van der Waals surface area contributed by atoms with Crippen LogP contribution in [0.5, 0.6) is 0 Å². The molecule has 0 aromatic rings. The van der Waals surface area contributed by atoms with Crippen molar-refractivity contribution in [2.24, 2.45) is 0 Å². The Kier molecular flexibility index (Phi) is 4.73. The normalized spacial score (nSPS) is 24.4. The van der Waals surface area contributed by atoms with Crippen molar-refractivity contribution in [1.29, 1.82) is 0 Å². The van der Waals surface area contributed by atoms with Crippen LogP contribution in [-0.2, 0) is 14.3 Å². The fourth-order valence-corrected chi connectivity index (χ4v) is 1.75. The van der Waals surface area contributed by atoms with E-state index in [2.05, 4.69) is 6.92 Å². The van der Waals surface area contributed by atoms with Crippen molar-refractivity contribution in [3.05, 3.63) is 0 Å². The monoisotopic (exact) mass is 229 g/mol. The molecule has 5 heteroatoms. The summed E-state index contributed by atoms with van der Waals surface area (Å²) in [6.45, 7) is 2.76. The Hall–Kier alpha value is -1.10. The second-order valence-corrected chi connectivity index (χ2v) is 4.14. The van der Waals surface area contributed by atoms with Crippen LogP contribution in [0.25, 0.3) is 0 Å². The third-order valence-corrected chi connectivity index (χ3v) is 2.79. The summed E-state index contributed by atoms with van der Waals surface area (Å²) in [5, 5.41) is 8.74. The lowest BCUT2D eigenvalue weighted by Gasteiger charge is -2.20. The molecule has 0 aliphatic carbocycles. The second kappa shape index (κ2) is 5.84. The molecule has 1 saturated heterocycles. The van der Waals surface area contributed by atoms with Crippen molar-refractivity contribution < 1.29 is 19.4 Å². The highest BCUT2D eigenvalue weighted by Gasteiger charge is 2.35. The van der Waals surface area contributed by atoms with Crippen molar-refractivity contribution in [2.45, 2.75) is 44.8 Å². The third-order valence-electron chi connectivity index (χ3n) is 2.79. The quantitative estimate of drug-likeness (QED) is 0.759. The molecule has 16 heavy (non-hydrogen) atoms. The van der Waals surface area contributed by atoms with E-state index in [9.17, 15) is 9.59 Å². The Morgan fingerprint density at radius 3 is 2.50 bits per heavy atom. The number of carboxylic acids is 1. The van der Waals surface area contributed by atoms with Crippen LogP contribution in [-0.4, -0.2) is 47.7 Å². The lowest BCUT2D eigenvalue weighted by atomic mass is 10.2. The van der Waals surface area contributed by atoms with Crippen LogP contribution in [0, 0.1) is 0 Å². The van der Waals surface area contributed by atoms with Gasteiger partial charge in [0.2, 0.25) is 0 Å². The molecule has 1 fully saturated rings. The van der Waals surface area contributed by atoms with Crippen LogP contribution < -0.4 is 0 Å². The van der Waals surface area contributed by atoms with Gasteiger partial charge in [-0.2, -0.15) is 0 Å². The van der Waals surface area contributed by atoms with Gasteiger partial charge in [0.05, 0.1) is 0 Å². The van der Waals surface area contributed by atoms with E-state index in [-0.39, 0.29) is 5.91 Å². The Bertz CT molecular complexity index is 267. The number of carbonyl (C=O) groups is 2. The molecule has 1 amide bonds. The van der Waals surface area contributed by atoms with Gasteiger partial charge in [-0.05, 0) is 19.3 Å². The Labute approximate surface area is 95.4 Å². The SMILES string of the molecule is CCCCN(C)C(=O)[C@@H]1CC[C@H](C(=O)O)O1. The second-order valence-electron chi connectivity index (χ2n) is 4.14. The van der Waals surface area contributed by atoms with E-state index in [0.717, 1.165) is 12.8 Å². The minimum atomic E-state index is -0.980. The molecule has 0 radical (unpaired) electrons. The summed E-state index contributed by atoms with van der Waals surface area (Å²) in [6.07, 6.45) is 1.54. The van der Waals surface area contributed by atoms with Crippen molar-refractivity contribution in [3.8, 4) is 0 Å². The van der Waals surface area contributed by atoms with Crippen LogP contribution in [0.4, 0.5) is 0 Å². The molecule has 2 atom stereocenters. The Balaban J connectivity index is 2.41. The lowest BCUT2D eigenvalue weighted by Crippen LogP contribution is -2.37. The van der Waals surface area contributed by atoms with Gasteiger partial charge >= 0.3 is 5.97 Å². The van der Waals surface area contributed by atoms with Crippen molar-refractivity contribution in [1.82, 2.24) is 4.90 Å². The number of hydrogen-bond acceptors (Lipinski definition) is 3. The number of amides is 1. The highest BCUT2D eigenvalue weighted by molar-refractivity contribution is 5.82. The molecule has 0 unspecified atom stereocenters. The minimum absolute atomic E-state index is 0.0998. The molecule has 1 N–H and O–H groups in total. The van der Waals surface area contributed by atoms with Gasteiger partial charge in [-0.15, -0.1) is 0 Å². The zero-order chi connectivity index (χ0) is 12.1. The molecule has 0 aromatic carbocycles. The smallest absolute Gasteiger partial charge is 0.332 e. The summed E-state index contributed by atoms with van der Waals surface area (Å²) in [5.74, 6) is -1.08. The molecule has 0 aromatic heterocycles. The van der Waals surface area contributed by atoms with Gasteiger partial charge in [-0.3, -0.25) is 4.79 Å². The van der Waals surface area contributed by atoms with E-state index in [1.165, 1.54) is 0 Å². The van der Waals surface area contributed by atoms with Gasteiger partial charge in [0, 0.05) is 13.6 Å². The highest BCUT2D eigenvalue weighted by atomic mass is 16.5. The number of ether oxygens (including phenoxy) is 1. The van der Waals surface area contributed by atoms with Crippen LogP contribution >= 0.6 is 0 Å². The predicted octanol–water partition coefficient (Wildman–Crippen LogP) is 0.877. The van der Waals surface area contributed by atoms with Gasteiger partial charge in [-0.1, -0.05) is 13.3 Å². The average Bonchev–Trinajstić information content (AvgIpc) is 2.74. The van der Waals surface area contributed by atoms with Crippen LogP contribution in [0.2, 0.25) is 0 Å². The summed E-state index contributed by atoms with van der Waals surface area (Å²) in [4.78, 5) is 24.1. The number of nitrogens with zero attached hydrogens (tertiary/aromatic N) is 1.